The molecule has 0 bridgehead atoms. The molecule has 1 aliphatic heterocycles. The lowest BCUT2D eigenvalue weighted by molar-refractivity contribution is 0.00578. The summed E-state index contributed by atoms with van der Waals surface area (Å²) in [6.07, 6.45) is -0.212. The molecule has 0 aliphatic carbocycles. The Morgan fingerprint density at radius 3 is 2.15 bits per heavy atom. The second kappa shape index (κ2) is 7.91. The first-order chi connectivity index (χ1) is 12.4. The third kappa shape index (κ3) is 4.37. The molecule has 1 aromatic carbocycles. The van der Waals surface area contributed by atoms with Crippen LogP contribution in [-0.2, 0) is 23.4 Å². The van der Waals surface area contributed by atoms with E-state index in [2.05, 4.69) is 0 Å². The van der Waals surface area contributed by atoms with Gasteiger partial charge in [0.2, 0.25) is 0 Å². The van der Waals surface area contributed by atoms with E-state index >= 15 is 4.39 Å². The molecule has 0 atom stereocenters. The van der Waals surface area contributed by atoms with Gasteiger partial charge in [0, 0.05) is 24.1 Å². The van der Waals surface area contributed by atoms with Crippen molar-refractivity contribution in [3.8, 4) is 0 Å². The van der Waals surface area contributed by atoms with Crippen LogP contribution in [0.1, 0.15) is 51.9 Å². The summed E-state index contributed by atoms with van der Waals surface area (Å²) in [5, 5.41) is 0. The number of methoxy groups -OCH3 is 1. The number of ether oxygens (including phenoxy) is 1. The van der Waals surface area contributed by atoms with Crippen LogP contribution >= 0.6 is 0 Å². The van der Waals surface area contributed by atoms with Gasteiger partial charge in [-0.05, 0) is 53.7 Å². The topological polar surface area (TPSA) is 63.2 Å². The molecule has 1 aliphatic rings. The Bertz CT molecular complexity index is 691. The van der Waals surface area contributed by atoms with Crippen LogP contribution in [0.15, 0.2) is 12.1 Å². The van der Waals surface area contributed by atoms with Gasteiger partial charge < -0.3 is 23.4 Å². The van der Waals surface area contributed by atoms with Crippen LogP contribution in [0.5, 0.6) is 0 Å². The summed E-state index contributed by atoms with van der Waals surface area (Å²) in [5.74, 6) is -1.21. The lowest BCUT2D eigenvalue weighted by atomic mass is 9.70. The van der Waals surface area contributed by atoms with Gasteiger partial charge in [0.05, 0.1) is 23.9 Å². The Kier molecular flexibility index (Phi) is 6.41. The van der Waals surface area contributed by atoms with E-state index in [1.807, 2.05) is 41.5 Å². The van der Waals surface area contributed by atoms with E-state index in [-0.39, 0.29) is 22.6 Å². The Hall–Kier alpha value is -1.41. The number of esters is 1. The summed E-state index contributed by atoms with van der Waals surface area (Å²) in [7, 11) is 0.704. The molecule has 2 rings (SSSR count). The van der Waals surface area contributed by atoms with Crippen molar-refractivity contribution in [3.63, 3.8) is 0 Å². The zero-order valence-electron chi connectivity index (χ0n) is 17.2. The minimum absolute atomic E-state index is 0.0822. The largest absolute Gasteiger partial charge is 0.497 e. The van der Waals surface area contributed by atoms with Crippen LogP contribution < -0.4 is 10.9 Å². The number of hydrogen-bond acceptors (Lipinski definition) is 6. The predicted molar refractivity (Wildman–Crippen MR) is 102 cm³/mol. The number of benzene rings is 1. The molecule has 9 heteroatoms. The molecular weight excluding hydrogens is 353 g/mol. The summed E-state index contributed by atoms with van der Waals surface area (Å²) in [6, 6.07) is 2.75. The van der Waals surface area contributed by atoms with Crippen LogP contribution in [0, 0.1) is 5.82 Å². The molecule has 0 unspecified atom stereocenters. The highest BCUT2D eigenvalue weighted by atomic mass is 19.1. The van der Waals surface area contributed by atoms with Crippen molar-refractivity contribution in [2.24, 2.45) is 0 Å². The third-order valence-electron chi connectivity index (χ3n) is 4.92. The average Bonchev–Trinajstić information content (AvgIpc) is 2.79. The molecule has 1 heterocycles. The second-order valence-corrected chi connectivity index (χ2v) is 7.80. The maximum Gasteiger partial charge on any atom is 0.497 e. The van der Waals surface area contributed by atoms with Crippen LogP contribution in [0.4, 0.5) is 4.39 Å². The summed E-state index contributed by atoms with van der Waals surface area (Å²) >= 11 is 0. The van der Waals surface area contributed by atoms with Crippen LogP contribution in [0.3, 0.4) is 0 Å². The van der Waals surface area contributed by atoms with Gasteiger partial charge in [-0.25, -0.2) is 9.18 Å². The maximum absolute atomic E-state index is 15.4. The molecule has 148 valence electrons. The average molecular weight is 380 g/mol. The van der Waals surface area contributed by atoms with E-state index in [9.17, 15) is 4.79 Å². The zero-order valence-corrected chi connectivity index (χ0v) is 17.2. The predicted octanol–water partition coefficient (Wildman–Crippen LogP) is 1.68. The van der Waals surface area contributed by atoms with Crippen molar-refractivity contribution < 1.29 is 32.5 Å². The first-order valence-corrected chi connectivity index (χ1v) is 8.89. The molecular formula is C18H27B2FO6. The molecule has 0 amide bonds. The number of rotatable bonds is 6. The van der Waals surface area contributed by atoms with Gasteiger partial charge >= 0.3 is 20.2 Å². The van der Waals surface area contributed by atoms with E-state index in [1.54, 1.807) is 0 Å². The SMILES string of the molecule is COB(OC(C)C)c1cc(C(=O)OC)cc(B2OC(C)(C)C(C)(C)O2)c1F. The highest BCUT2D eigenvalue weighted by Crippen LogP contribution is 2.36. The number of carbonyl (C=O) groups excluding carboxylic acids is 1. The van der Waals surface area contributed by atoms with Gasteiger partial charge in [-0.1, -0.05) is 0 Å². The van der Waals surface area contributed by atoms with Crippen LogP contribution in [0.2, 0.25) is 0 Å². The first-order valence-electron chi connectivity index (χ1n) is 8.89. The molecule has 1 aromatic rings. The highest BCUT2D eigenvalue weighted by molar-refractivity contribution is 6.66. The summed E-state index contributed by atoms with van der Waals surface area (Å²) in [6.45, 7) is 11.1. The Labute approximate surface area is 160 Å². The van der Waals surface area contributed by atoms with Gasteiger partial charge in [-0.3, -0.25) is 0 Å². The maximum atomic E-state index is 15.4. The molecule has 6 nitrogen and oxygen atoms in total. The minimum Gasteiger partial charge on any atom is -0.465 e. The quantitative estimate of drug-likeness (QED) is 0.553. The van der Waals surface area contributed by atoms with Gasteiger partial charge in [0.25, 0.3) is 0 Å². The van der Waals surface area contributed by atoms with Gasteiger partial charge in [-0.2, -0.15) is 0 Å². The van der Waals surface area contributed by atoms with Crippen LogP contribution in [-0.4, -0.2) is 51.7 Å². The van der Waals surface area contributed by atoms with Crippen molar-refractivity contribution >= 4 is 31.1 Å². The van der Waals surface area contributed by atoms with E-state index in [4.69, 9.17) is 23.4 Å². The van der Waals surface area contributed by atoms with Crippen molar-refractivity contribution in [1.82, 2.24) is 0 Å². The van der Waals surface area contributed by atoms with Gasteiger partial charge in [0.15, 0.2) is 0 Å². The van der Waals surface area contributed by atoms with Crippen molar-refractivity contribution in [2.45, 2.75) is 58.8 Å². The van der Waals surface area contributed by atoms with E-state index in [0.717, 1.165) is 0 Å². The fourth-order valence-corrected chi connectivity index (χ4v) is 2.72. The van der Waals surface area contributed by atoms with Crippen LogP contribution in [0.25, 0.3) is 0 Å². The Morgan fingerprint density at radius 1 is 1.15 bits per heavy atom. The summed E-state index contributed by atoms with van der Waals surface area (Å²) in [4.78, 5) is 12.1. The second-order valence-electron chi connectivity index (χ2n) is 7.80. The Balaban J connectivity index is 2.57. The van der Waals surface area contributed by atoms with Gasteiger partial charge in [-0.15, -0.1) is 0 Å². The van der Waals surface area contributed by atoms with E-state index in [1.165, 1.54) is 26.4 Å². The van der Waals surface area contributed by atoms with E-state index < -0.39 is 37.2 Å². The molecule has 0 radical (unpaired) electrons. The monoisotopic (exact) mass is 380 g/mol. The third-order valence-corrected chi connectivity index (χ3v) is 4.92. The van der Waals surface area contributed by atoms with Crippen molar-refractivity contribution in [3.05, 3.63) is 23.5 Å². The molecule has 1 fully saturated rings. The standard InChI is InChI=1S/C18H27B2FO6/c1-11(2)25-19(24-8)13-9-12(16(22)23-7)10-14(15(13)21)20-26-17(3,4)18(5,6)27-20/h9-11H,1-8H3. The van der Waals surface area contributed by atoms with E-state index in [0.29, 0.717) is 0 Å². The number of halogens is 1. The molecule has 0 saturated carbocycles. The fourth-order valence-electron chi connectivity index (χ4n) is 2.72. The van der Waals surface area contributed by atoms with Crippen molar-refractivity contribution in [2.75, 3.05) is 14.2 Å². The molecule has 27 heavy (non-hydrogen) atoms. The normalized spacial score (nSPS) is 18.1. The lowest BCUT2D eigenvalue weighted by Crippen LogP contribution is -2.47. The smallest absolute Gasteiger partial charge is 0.465 e. The van der Waals surface area contributed by atoms with Crippen molar-refractivity contribution in [1.29, 1.82) is 0 Å². The number of carbonyl (C=O) groups is 1. The fraction of sp³-hybridized carbons (Fsp3) is 0.611. The highest BCUT2D eigenvalue weighted by Gasteiger charge is 2.53. The molecule has 0 N–H and O–H groups in total. The minimum atomic E-state index is -0.990. The molecule has 0 spiro atoms. The molecule has 1 saturated heterocycles. The Morgan fingerprint density at radius 2 is 1.70 bits per heavy atom. The van der Waals surface area contributed by atoms with Gasteiger partial charge in [0.1, 0.15) is 5.82 Å². The lowest BCUT2D eigenvalue weighted by Gasteiger charge is -2.32. The zero-order chi connectivity index (χ0) is 20.6. The molecule has 0 aromatic heterocycles. The summed E-state index contributed by atoms with van der Waals surface area (Å²) < 4.78 is 43.0. The summed E-state index contributed by atoms with van der Waals surface area (Å²) in [5.41, 5.74) is -0.964. The first kappa shape index (κ1) is 21.9. The number of hydrogen-bond donors (Lipinski definition) is 0.